The van der Waals surface area contributed by atoms with Crippen molar-refractivity contribution in [3.63, 3.8) is 0 Å². The van der Waals surface area contributed by atoms with Gasteiger partial charge in [-0.3, -0.25) is 0 Å². The quantitative estimate of drug-likeness (QED) is 0.805. The lowest BCUT2D eigenvalue weighted by molar-refractivity contribution is -0.00866. The van der Waals surface area contributed by atoms with Gasteiger partial charge in [-0.05, 0) is 37.0 Å². The molecule has 1 saturated carbocycles. The summed E-state index contributed by atoms with van der Waals surface area (Å²) in [4.78, 5) is 0. The van der Waals surface area contributed by atoms with E-state index in [9.17, 15) is 0 Å². The Morgan fingerprint density at radius 3 is 2.94 bits per heavy atom. The molecule has 1 fully saturated rings. The zero-order chi connectivity index (χ0) is 11.9. The molecule has 0 spiro atoms. The highest BCUT2D eigenvalue weighted by Gasteiger charge is 2.17. The summed E-state index contributed by atoms with van der Waals surface area (Å²) >= 11 is 0. The van der Waals surface area contributed by atoms with E-state index >= 15 is 0 Å². The van der Waals surface area contributed by atoms with Crippen molar-refractivity contribution in [2.45, 2.75) is 38.4 Å². The molecule has 0 amide bonds. The van der Waals surface area contributed by atoms with Crippen LogP contribution in [0.1, 0.15) is 36.8 Å². The third-order valence-corrected chi connectivity index (χ3v) is 2.93. The maximum absolute atomic E-state index is 8.66. The van der Waals surface area contributed by atoms with Crippen LogP contribution in [0.25, 0.3) is 0 Å². The van der Waals surface area contributed by atoms with E-state index in [1.165, 1.54) is 24.8 Å². The van der Waals surface area contributed by atoms with Crippen molar-refractivity contribution in [2.75, 3.05) is 6.61 Å². The van der Waals surface area contributed by atoms with Crippen molar-refractivity contribution in [3.05, 3.63) is 35.4 Å². The zero-order valence-electron chi connectivity index (χ0n) is 9.98. The van der Waals surface area contributed by atoms with Gasteiger partial charge in [-0.2, -0.15) is 0 Å². The van der Waals surface area contributed by atoms with Gasteiger partial charge in [-0.15, -0.1) is 0 Å². The SMILES string of the molecule is OCCC#Cc1cccc(COC2CCC2)c1. The van der Waals surface area contributed by atoms with Crippen LogP contribution in [-0.4, -0.2) is 17.8 Å². The van der Waals surface area contributed by atoms with Crippen LogP contribution in [0.5, 0.6) is 0 Å². The number of hydrogen-bond acceptors (Lipinski definition) is 2. The molecule has 1 aliphatic rings. The summed E-state index contributed by atoms with van der Waals surface area (Å²) in [6.07, 6.45) is 4.71. The summed E-state index contributed by atoms with van der Waals surface area (Å²) in [6, 6.07) is 8.11. The zero-order valence-corrected chi connectivity index (χ0v) is 9.98. The summed E-state index contributed by atoms with van der Waals surface area (Å²) < 4.78 is 5.76. The number of aliphatic hydroxyl groups excluding tert-OH is 1. The van der Waals surface area contributed by atoms with Crippen molar-refractivity contribution in [3.8, 4) is 11.8 Å². The van der Waals surface area contributed by atoms with Gasteiger partial charge in [0.2, 0.25) is 0 Å². The fourth-order valence-electron chi connectivity index (χ4n) is 1.71. The average molecular weight is 230 g/mol. The predicted octanol–water partition coefficient (Wildman–Crippen LogP) is 2.49. The maximum Gasteiger partial charge on any atom is 0.0721 e. The minimum atomic E-state index is 0.123. The molecule has 1 aromatic rings. The second-order valence-electron chi connectivity index (χ2n) is 4.34. The van der Waals surface area contributed by atoms with Crippen LogP contribution >= 0.6 is 0 Å². The first-order valence-corrected chi connectivity index (χ1v) is 6.19. The summed E-state index contributed by atoms with van der Waals surface area (Å²) in [7, 11) is 0. The number of ether oxygens (including phenoxy) is 1. The molecule has 0 heterocycles. The Labute approximate surface area is 103 Å². The summed E-state index contributed by atoms with van der Waals surface area (Å²) in [5.74, 6) is 5.96. The largest absolute Gasteiger partial charge is 0.395 e. The summed E-state index contributed by atoms with van der Waals surface area (Å²) in [5, 5.41) is 8.66. The minimum absolute atomic E-state index is 0.123. The molecule has 0 saturated heterocycles. The predicted molar refractivity (Wildman–Crippen MR) is 67.5 cm³/mol. The molecule has 0 aromatic heterocycles. The second-order valence-corrected chi connectivity index (χ2v) is 4.34. The lowest BCUT2D eigenvalue weighted by Gasteiger charge is -2.25. The highest BCUT2D eigenvalue weighted by Crippen LogP contribution is 2.23. The van der Waals surface area contributed by atoms with Crippen LogP contribution in [-0.2, 0) is 11.3 Å². The molecule has 1 aromatic carbocycles. The lowest BCUT2D eigenvalue weighted by Crippen LogP contribution is -2.21. The molecular formula is C15H18O2. The van der Waals surface area contributed by atoms with Gasteiger partial charge in [0.25, 0.3) is 0 Å². The first kappa shape index (κ1) is 12.2. The van der Waals surface area contributed by atoms with Crippen LogP contribution < -0.4 is 0 Å². The molecule has 2 rings (SSSR count). The minimum Gasteiger partial charge on any atom is -0.395 e. The van der Waals surface area contributed by atoms with E-state index in [4.69, 9.17) is 9.84 Å². The average Bonchev–Trinajstić information content (AvgIpc) is 2.28. The summed E-state index contributed by atoms with van der Waals surface area (Å²) in [5.41, 5.74) is 2.17. The third-order valence-electron chi connectivity index (χ3n) is 2.93. The molecule has 1 N–H and O–H groups in total. The Balaban J connectivity index is 1.89. The maximum atomic E-state index is 8.66. The third kappa shape index (κ3) is 3.89. The van der Waals surface area contributed by atoms with E-state index in [-0.39, 0.29) is 6.61 Å². The Morgan fingerprint density at radius 2 is 2.24 bits per heavy atom. The highest BCUT2D eigenvalue weighted by molar-refractivity contribution is 5.36. The monoisotopic (exact) mass is 230 g/mol. The van der Waals surface area contributed by atoms with Gasteiger partial charge in [0.1, 0.15) is 0 Å². The van der Waals surface area contributed by atoms with Crippen LogP contribution in [0.3, 0.4) is 0 Å². The van der Waals surface area contributed by atoms with Gasteiger partial charge in [0.05, 0.1) is 19.3 Å². The molecular weight excluding hydrogens is 212 g/mol. The van der Waals surface area contributed by atoms with E-state index < -0.39 is 0 Å². The Hall–Kier alpha value is -1.30. The normalized spacial score (nSPS) is 14.9. The van der Waals surface area contributed by atoms with E-state index in [1.807, 2.05) is 12.1 Å². The van der Waals surface area contributed by atoms with Crippen molar-refractivity contribution in [1.82, 2.24) is 0 Å². The van der Waals surface area contributed by atoms with Crippen LogP contribution in [0.15, 0.2) is 24.3 Å². The molecule has 0 radical (unpaired) electrons. The van der Waals surface area contributed by atoms with Gasteiger partial charge in [0.15, 0.2) is 0 Å². The smallest absolute Gasteiger partial charge is 0.0721 e. The molecule has 0 aliphatic heterocycles. The second kappa shape index (κ2) is 6.44. The van der Waals surface area contributed by atoms with Gasteiger partial charge in [-0.1, -0.05) is 24.0 Å². The van der Waals surface area contributed by atoms with Crippen molar-refractivity contribution < 1.29 is 9.84 Å². The van der Waals surface area contributed by atoms with Crippen molar-refractivity contribution in [1.29, 1.82) is 0 Å². The van der Waals surface area contributed by atoms with E-state index in [0.717, 1.165) is 5.56 Å². The standard InChI is InChI=1S/C15H18O2/c16-10-2-1-5-13-6-3-7-14(11-13)12-17-15-8-4-9-15/h3,6-7,11,15-16H,2,4,8-10,12H2. The van der Waals surface area contributed by atoms with Crippen LogP contribution in [0.2, 0.25) is 0 Å². The number of benzene rings is 1. The molecule has 90 valence electrons. The van der Waals surface area contributed by atoms with Crippen LogP contribution in [0.4, 0.5) is 0 Å². The van der Waals surface area contributed by atoms with Crippen molar-refractivity contribution in [2.24, 2.45) is 0 Å². The first-order valence-electron chi connectivity index (χ1n) is 6.19. The molecule has 2 nitrogen and oxygen atoms in total. The van der Waals surface area contributed by atoms with Gasteiger partial charge >= 0.3 is 0 Å². The molecule has 1 aliphatic carbocycles. The fraction of sp³-hybridized carbons (Fsp3) is 0.467. The fourth-order valence-corrected chi connectivity index (χ4v) is 1.71. The topological polar surface area (TPSA) is 29.5 Å². The molecule has 0 bridgehead atoms. The van der Waals surface area contributed by atoms with Gasteiger partial charge < -0.3 is 9.84 Å². The van der Waals surface area contributed by atoms with Crippen LogP contribution in [0, 0.1) is 11.8 Å². The number of hydrogen-bond donors (Lipinski definition) is 1. The number of rotatable bonds is 4. The van der Waals surface area contributed by atoms with E-state index in [1.54, 1.807) is 0 Å². The Bertz CT molecular complexity index is 410. The van der Waals surface area contributed by atoms with E-state index in [0.29, 0.717) is 19.1 Å². The molecule has 0 atom stereocenters. The van der Waals surface area contributed by atoms with Gasteiger partial charge in [0, 0.05) is 12.0 Å². The Kier molecular flexibility index (Phi) is 4.61. The molecule has 0 unspecified atom stereocenters. The first-order chi connectivity index (χ1) is 8.38. The molecule has 17 heavy (non-hydrogen) atoms. The highest BCUT2D eigenvalue weighted by atomic mass is 16.5. The molecule has 2 heteroatoms. The number of aliphatic hydroxyl groups is 1. The van der Waals surface area contributed by atoms with Crippen molar-refractivity contribution >= 4 is 0 Å². The Morgan fingerprint density at radius 1 is 1.35 bits per heavy atom. The lowest BCUT2D eigenvalue weighted by atomic mass is 9.96. The van der Waals surface area contributed by atoms with Gasteiger partial charge in [-0.25, -0.2) is 0 Å². The van der Waals surface area contributed by atoms with E-state index in [2.05, 4.69) is 24.0 Å². The summed E-state index contributed by atoms with van der Waals surface area (Å²) in [6.45, 7) is 0.803.